The summed E-state index contributed by atoms with van der Waals surface area (Å²) in [6, 6.07) is -1.15. The highest BCUT2D eigenvalue weighted by molar-refractivity contribution is 5.73. The molecule has 0 aromatic rings. The van der Waals surface area contributed by atoms with Crippen molar-refractivity contribution in [2.24, 2.45) is 0 Å². The molecule has 2 heterocycles. The second kappa shape index (κ2) is 10.4. The van der Waals surface area contributed by atoms with Crippen molar-refractivity contribution in [3.8, 4) is 0 Å². The number of hydrogen-bond donors (Lipinski definition) is 7. The zero-order chi connectivity index (χ0) is 21.9. The summed E-state index contributed by atoms with van der Waals surface area (Å²) in [6.45, 7) is 0.349. The van der Waals surface area contributed by atoms with E-state index in [0.29, 0.717) is 0 Å². The third kappa shape index (κ3) is 5.21. The molecule has 0 unspecified atom stereocenters. The zero-order valence-corrected chi connectivity index (χ0v) is 16.4. The SMILES string of the molecule is CO[C@H]1O[C@H](CN(OC)[C@@H]2O[C@H](CO)[C@@H](O)[C@H](O)[C@H]2NC(C)=O)[C@@H](O)[C@H](O)[C@H]1O. The first-order valence-electron chi connectivity index (χ1n) is 9.09. The Hall–Kier alpha value is -0.970. The number of nitrogens with one attached hydrogen (secondary N) is 1. The van der Waals surface area contributed by atoms with Gasteiger partial charge >= 0.3 is 0 Å². The first kappa shape index (κ1) is 24.3. The molecule has 1 amide bonds. The number of methoxy groups -OCH3 is 1. The van der Waals surface area contributed by atoms with Gasteiger partial charge in [0, 0.05) is 14.0 Å². The molecule has 170 valence electrons. The summed E-state index contributed by atoms with van der Waals surface area (Å²) in [5, 5.41) is 63.7. The first-order chi connectivity index (χ1) is 13.7. The zero-order valence-electron chi connectivity index (χ0n) is 16.4. The minimum Gasteiger partial charge on any atom is -0.394 e. The first-order valence-corrected chi connectivity index (χ1v) is 9.09. The lowest BCUT2D eigenvalue weighted by Gasteiger charge is -2.47. The number of hydroxylamine groups is 2. The molecule has 0 radical (unpaired) electrons. The minimum atomic E-state index is -1.56. The molecule has 2 aliphatic rings. The minimum absolute atomic E-state index is 0.247. The van der Waals surface area contributed by atoms with Crippen LogP contribution in [0.2, 0.25) is 0 Å². The molecule has 0 saturated carbocycles. The van der Waals surface area contributed by atoms with Gasteiger partial charge in [0.25, 0.3) is 0 Å². The number of amides is 1. The van der Waals surface area contributed by atoms with Gasteiger partial charge in [-0.15, -0.1) is 0 Å². The van der Waals surface area contributed by atoms with Gasteiger partial charge in [-0.05, 0) is 0 Å². The van der Waals surface area contributed by atoms with Crippen molar-refractivity contribution in [2.45, 2.75) is 68.2 Å². The van der Waals surface area contributed by atoms with Crippen LogP contribution in [0.3, 0.4) is 0 Å². The van der Waals surface area contributed by atoms with Gasteiger partial charge in [0.05, 0.1) is 26.3 Å². The molecule has 0 aromatic heterocycles. The molecule has 0 aromatic carbocycles. The molecule has 2 rings (SSSR count). The van der Waals surface area contributed by atoms with Crippen molar-refractivity contribution >= 4 is 5.91 Å². The van der Waals surface area contributed by atoms with Gasteiger partial charge in [-0.3, -0.25) is 9.63 Å². The Kier molecular flexibility index (Phi) is 8.69. The highest BCUT2D eigenvalue weighted by Crippen LogP contribution is 2.27. The molecular formula is C16H30N2O11. The molecule has 0 spiro atoms. The van der Waals surface area contributed by atoms with Crippen LogP contribution in [0, 0.1) is 0 Å². The molecule has 0 bridgehead atoms. The van der Waals surface area contributed by atoms with Gasteiger partial charge in [-0.2, -0.15) is 5.06 Å². The Morgan fingerprint density at radius 1 is 0.966 bits per heavy atom. The van der Waals surface area contributed by atoms with Crippen molar-refractivity contribution in [2.75, 3.05) is 27.4 Å². The van der Waals surface area contributed by atoms with Crippen molar-refractivity contribution in [1.29, 1.82) is 0 Å². The maximum absolute atomic E-state index is 11.6. The average molecular weight is 426 g/mol. The smallest absolute Gasteiger partial charge is 0.217 e. The van der Waals surface area contributed by atoms with Crippen LogP contribution in [0.25, 0.3) is 0 Å². The molecule has 2 aliphatic heterocycles. The summed E-state index contributed by atoms with van der Waals surface area (Å²) in [7, 11) is 2.51. The van der Waals surface area contributed by atoms with E-state index in [-0.39, 0.29) is 6.54 Å². The van der Waals surface area contributed by atoms with E-state index < -0.39 is 73.8 Å². The maximum atomic E-state index is 11.6. The van der Waals surface area contributed by atoms with E-state index in [9.17, 15) is 35.4 Å². The van der Waals surface area contributed by atoms with E-state index >= 15 is 0 Å². The van der Waals surface area contributed by atoms with Gasteiger partial charge in [0.15, 0.2) is 12.5 Å². The summed E-state index contributed by atoms with van der Waals surface area (Å²) in [4.78, 5) is 16.8. The van der Waals surface area contributed by atoms with E-state index in [1.54, 1.807) is 0 Å². The standard InChI is InChI=1S/C16H30N2O11/c1-6(20)17-9-12(23)11(22)8(5-19)28-15(9)18(27-3)4-7-10(21)13(24)14(25)16(26-2)29-7/h7-16,19,21-25H,4-5H2,1-3H3,(H,17,20)/t7-,8-,9-,10-,11-,12-,13+,14-,15-,16+/m1/s1. The fraction of sp³-hybridized carbons (Fsp3) is 0.938. The van der Waals surface area contributed by atoms with Crippen LogP contribution in [-0.4, -0.2) is 130 Å². The number of carbonyl (C=O) groups excluding carboxylic acids is 1. The fourth-order valence-electron chi connectivity index (χ4n) is 3.46. The van der Waals surface area contributed by atoms with E-state index in [1.807, 2.05) is 0 Å². The summed E-state index contributed by atoms with van der Waals surface area (Å²) in [5.41, 5.74) is 0. The molecule has 0 aliphatic carbocycles. The topological polar surface area (TPSA) is 191 Å². The lowest BCUT2D eigenvalue weighted by atomic mass is 9.95. The normalized spacial score (nSPS) is 43.4. The van der Waals surface area contributed by atoms with E-state index in [0.717, 1.165) is 5.06 Å². The predicted octanol–water partition coefficient (Wildman–Crippen LogP) is -4.75. The van der Waals surface area contributed by atoms with Crippen molar-refractivity contribution < 1.29 is 54.5 Å². The molecule has 10 atom stereocenters. The molecule has 2 saturated heterocycles. The van der Waals surface area contributed by atoms with Gasteiger partial charge in [-0.25, -0.2) is 0 Å². The maximum Gasteiger partial charge on any atom is 0.217 e. The van der Waals surface area contributed by atoms with Gasteiger partial charge < -0.3 is 50.2 Å². The van der Waals surface area contributed by atoms with Crippen LogP contribution >= 0.6 is 0 Å². The Bertz CT molecular complexity index is 539. The summed E-state index contributed by atoms with van der Waals surface area (Å²) >= 11 is 0. The lowest BCUT2D eigenvalue weighted by molar-refractivity contribution is -0.334. The number of aliphatic hydroxyl groups is 6. The predicted molar refractivity (Wildman–Crippen MR) is 92.8 cm³/mol. The van der Waals surface area contributed by atoms with Crippen molar-refractivity contribution in [3.63, 3.8) is 0 Å². The summed E-state index contributed by atoms with van der Waals surface area (Å²) in [6.07, 6.45) is -12.2. The Morgan fingerprint density at radius 2 is 1.59 bits per heavy atom. The van der Waals surface area contributed by atoms with Crippen LogP contribution in [-0.2, 0) is 23.8 Å². The van der Waals surface area contributed by atoms with E-state index in [1.165, 1.54) is 21.1 Å². The highest BCUT2D eigenvalue weighted by Gasteiger charge is 2.50. The second-order valence-corrected chi connectivity index (χ2v) is 6.99. The van der Waals surface area contributed by atoms with Gasteiger partial charge in [-0.1, -0.05) is 0 Å². The molecule has 2 fully saturated rings. The average Bonchev–Trinajstić information content (AvgIpc) is 2.69. The Balaban J connectivity index is 2.23. The number of ether oxygens (including phenoxy) is 3. The third-order valence-electron chi connectivity index (χ3n) is 5.05. The molecule has 13 nitrogen and oxygen atoms in total. The van der Waals surface area contributed by atoms with Gasteiger partial charge in [0.1, 0.15) is 42.7 Å². The van der Waals surface area contributed by atoms with Crippen molar-refractivity contribution in [3.05, 3.63) is 0 Å². The van der Waals surface area contributed by atoms with Crippen LogP contribution in [0.1, 0.15) is 6.92 Å². The molecule has 7 N–H and O–H groups in total. The van der Waals surface area contributed by atoms with Gasteiger partial charge in [0.2, 0.25) is 5.91 Å². The number of nitrogens with zero attached hydrogens (tertiary/aromatic N) is 1. The largest absolute Gasteiger partial charge is 0.394 e. The van der Waals surface area contributed by atoms with Crippen LogP contribution in [0.4, 0.5) is 0 Å². The summed E-state index contributed by atoms with van der Waals surface area (Å²) in [5.74, 6) is -0.514. The quantitative estimate of drug-likeness (QED) is 0.193. The van der Waals surface area contributed by atoms with Crippen molar-refractivity contribution in [1.82, 2.24) is 10.4 Å². The van der Waals surface area contributed by atoms with E-state index in [4.69, 9.17) is 19.0 Å². The Morgan fingerprint density at radius 3 is 2.10 bits per heavy atom. The number of hydrogen-bond acceptors (Lipinski definition) is 12. The lowest BCUT2D eigenvalue weighted by Crippen LogP contribution is -2.69. The molecule has 13 heteroatoms. The van der Waals surface area contributed by atoms with Crippen LogP contribution in [0.15, 0.2) is 0 Å². The second-order valence-electron chi connectivity index (χ2n) is 6.99. The Labute approximate surface area is 167 Å². The van der Waals surface area contributed by atoms with Crippen LogP contribution in [0.5, 0.6) is 0 Å². The summed E-state index contributed by atoms with van der Waals surface area (Å²) < 4.78 is 16.0. The molecule has 29 heavy (non-hydrogen) atoms. The monoisotopic (exact) mass is 426 g/mol. The number of aliphatic hydroxyl groups excluding tert-OH is 6. The van der Waals surface area contributed by atoms with E-state index in [2.05, 4.69) is 5.32 Å². The number of carbonyl (C=O) groups is 1. The number of rotatable bonds is 7. The third-order valence-corrected chi connectivity index (χ3v) is 5.05. The van der Waals surface area contributed by atoms with Crippen LogP contribution < -0.4 is 5.32 Å². The fourth-order valence-corrected chi connectivity index (χ4v) is 3.46. The highest BCUT2D eigenvalue weighted by atomic mass is 16.7. The molecular weight excluding hydrogens is 396 g/mol.